The van der Waals surface area contributed by atoms with Crippen LogP contribution in [0.5, 0.6) is 11.5 Å². The fraction of sp³-hybridized carbons (Fsp3) is 0.357. The van der Waals surface area contributed by atoms with E-state index in [9.17, 15) is 0 Å². The Balaban J connectivity index is 2.38. The van der Waals surface area contributed by atoms with E-state index in [0.29, 0.717) is 6.04 Å². The largest absolute Gasteiger partial charge is 0.497 e. The molecule has 1 heterocycles. The predicted molar refractivity (Wildman–Crippen MR) is 78.1 cm³/mol. The summed E-state index contributed by atoms with van der Waals surface area (Å²) in [6, 6.07) is 6.07. The molecule has 0 bridgehead atoms. The molecule has 0 saturated heterocycles. The lowest BCUT2D eigenvalue weighted by atomic mass is 10.2. The van der Waals surface area contributed by atoms with E-state index >= 15 is 0 Å². The van der Waals surface area contributed by atoms with E-state index in [1.165, 1.54) is 4.88 Å². The van der Waals surface area contributed by atoms with Gasteiger partial charge < -0.3 is 14.8 Å². The van der Waals surface area contributed by atoms with Gasteiger partial charge in [0.1, 0.15) is 16.5 Å². The van der Waals surface area contributed by atoms with Gasteiger partial charge >= 0.3 is 0 Å². The molecule has 5 heteroatoms. The van der Waals surface area contributed by atoms with E-state index in [1.54, 1.807) is 25.6 Å². The van der Waals surface area contributed by atoms with Crippen molar-refractivity contribution in [2.24, 2.45) is 0 Å². The second-order valence-corrected chi connectivity index (χ2v) is 5.21. The lowest BCUT2D eigenvalue weighted by Gasteiger charge is -2.08. The van der Waals surface area contributed by atoms with Crippen molar-refractivity contribution in [1.82, 2.24) is 10.3 Å². The molecule has 4 nitrogen and oxygen atoms in total. The molecule has 1 atom stereocenters. The van der Waals surface area contributed by atoms with Crippen molar-refractivity contribution in [3.05, 3.63) is 29.3 Å². The number of rotatable bonds is 5. The van der Waals surface area contributed by atoms with Gasteiger partial charge in [-0.3, -0.25) is 0 Å². The number of nitrogens with zero attached hydrogens (tertiary/aromatic N) is 1. The third-order valence-corrected chi connectivity index (χ3v) is 4.24. The summed E-state index contributed by atoms with van der Waals surface area (Å²) in [5, 5.41) is 4.17. The topological polar surface area (TPSA) is 43.4 Å². The first-order chi connectivity index (χ1) is 9.19. The van der Waals surface area contributed by atoms with Gasteiger partial charge in [0.15, 0.2) is 0 Å². The van der Waals surface area contributed by atoms with Crippen LogP contribution in [0.1, 0.15) is 17.8 Å². The molecule has 0 spiro atoms. The van der Waals surface area contributed by atoms with Crippen LogP contribution in [0.25, 0.3) is 10.6 Å². The van der Waals surface area contributed by atoms with Crippen LogP contribution < -0.4 is 14.8 Å². The fourth-order valence-corrected chi connectivity index (χ4v) is 2.74. The first-order valence-corrected chi connectivity index (χ1v) is 6.86. The smallest absolute Gasteiger partial charge is 0.132 e. The SMILES string of the molecule is CNC(C)c1cnc(-c2ccc(OC)cc2OC)s1. The van der Waals surface area contributed by atoms with Gasteiger partial charge in [-0.15, -0.1) is 11.3 Å². The number of hydrogen-bond donors (Lipinski definition) is 1. The summed E-state index contributed by atoms with van der Waals surface area (Å²) in [6.07, 6.45) is 1.91. The van der Waals surface area contributed by atoms with Crippen molar-refractivity contribution in [3.8, 4) is 22.1 Å². The van der Waals surface area contributed by atoms with Crippen LogP contribution in [-0.4, -0.2) is 26.3 Å². The molecule has 1 aromatic heterocycles. The van der Waals surface area contributed by atoms with Gasteiger partial charge in [0.05, 0.1) is 19.8 Å². The monoisotopic (exact) mass is 278 g/mol. The summed E-state index contributed by atoms with van der Waals surface area (Å²) >= 11 is 1.67. The third-order valence-electron chi connectivity index (χ3n) is 3.02. The number of methoxy groups -OCH3 is 2. The average molecular weight is 278 g/mol. The van der Waals surface area contributed by atoms with Crippen molar-refractivity contribution < 1.29 is 9.47 Å². The average Bonchev–Trinajstić information content (AvgIpc) is 2.95. The number of hydrogen-bond acceptors (Lipinski definition) is 5. The van der Waals surface area contributed by atoms with E-state index in [2.05, 4.69) is 17.2 Å². The molecule has 2 aromatic rings. The maximum absolute atomic E-state index is 5.41. The van der Waals surface area contributed by atoms with E-state index in [1.807, 2.05) is 31.4 Å². The van der Waals surface area contributed by atoms with Gasteiger partial charge in [-0.05, 0) is 26.1 Å². The normalized spacial score (nSPS) is 12.2. The molecule has 0 aliphatic heterocycles. The van der Waals surface area contributed by atoms with Crippen LogP contribution >= 0.6 is 11.3 Å². The van der Waals surface area contributed by atoms with E-state index in [-0.39, 0.29) is 0 Å². The van der Waals surface area contributed by atoms with E-state index in [4.69, 9.17) is 9.47 Å². The Labute approximate surface area is 117 Å². The Morgan fingerprint density at radius 1 is 1.26 bits per heavy atom. The number of nitrogens with one attached hydrogen (secondary N) is 1. The van der Waals surface area contributed by atoms with Crippen molar-refractivity contribution >= 4 is 11.3 Å². The standard InChI is InChI=1S/C14H18N2O2S/c1-9(15-2)13-8-16-14(19-13)11-6-5-10(17-3)7-12(11)18-4/h5-9,15H,1-4H3. The van der Waals surface area contributed by atoms with Gasteiger partial charge in [-0.25, -0.2) is 4.98 Å². The number of ether oxygens (including phenoxy) is 2. The minimum absolute atomic E-state index is 0.301. The Hall–Kier alpha value is -1.59. The summed E-state index contributed by atoms with van der Waals surface area (Å²) in [5.41, 5.74) is 0.989. The summed E-state index contributed by atoms with van der Waals surface area (Å²) in [5.74, 6) is 1.55. The molecule has 19 heavy (non-hydrogen) atoms. The Kier molecular flexibility index (Phi) is 4.39. The molecule has 0 amide bonds. The number of thiazole rings is 1. The maximum atomic E-state index is 5.41. The summed E-state index contributed by atoms with van der Waals surface area (Å²) in [7, 11) is 5.24. The third kappa shape index (κ3) is 2.88. The molecule has 0 saturated carbocycles. The molecule has 0 radical (unpaired) electrons. The molecule has 0 aliphatic carbocycles. The van der Waals surface area contributed by atoms with Gasteiger partial charge in [0, 0.05) is 23.2 Å². The van der Waals surface area contributed by atoms with Crippen LogP contribution in [-0.2, 0) is 0 Å². The van der Waals surface area contributed by atoms with Crippen molar-refractivity contribution in [1.29, 1.82) is 0 Å². The second-order valence-electron chi connectivity index (χ2n) is 4.14. The first kappa shape index (κ1) is 13.8. The zero-order chi connectivity index (χ0) is 13.8. The summed E-state index contributed by atoms with van der Waals surface area (Å²) in [6.45, 7) is 2.11. The highest BCUT2D eigenvalue weighted by Crippen LogP contribution is 2.36. The van der Waals surface area contributed by atoms with Gasteiger partial charge in [0.2, 0.25) is 0 Å². The van der Waals surface area contributed by atoms with Crippen molar-refractivity contribution in [2.45, 2.75) is 13.0 Å². The summed E-state index contributed by atoms with van der Waals surface area (Å²) < 4.78 is 10.6. The highest BCUT2D eigenvalue weighted by Gasteiger charge is 2.13. The quantitative estimate of drug-likeness (QED) is 0.912. The minimum atomic E-state index is 0.301. The lowest BCUT2D eigenvalue weighted by Crippen LogP contribution is -2.10. The Bertz CT molecular complexity index is 554. The molecule has 0 aliphatic rings. The van der Waals surface area contributed by atoms with Crippen LogP contribution in [0.15, 0.2) is 24.4 Å². The maximum Gasteiger partial charge on any atom is 0.132 e. The lowest BCUT2D eigenvalue weighted by molar-refractivity contribution is 0.395. The van der Waals surface area contributed by atoms with E-state index < -0.39 is 0 Å². The van der Waals surface area contributed by atoms with Crippen molar-refractivity contribution in [2.75, 3.05) is 21.3 Å². The summed E-state index contributed by atoms with van der Waals surface area (Å²) in [4.78, 5) is 5.68. The number of aromatic nitrogens is 1. The Morgan fingerprint density at radius 3 is 2.68 bits per heavy atom. The van der Waals surface area contributed by atoms with Gasteiger partial charge in [-0.1, -0.05) is 0 Å². The van der Waals surface area contributed by atoms with Crippen molar-refractivity contribution in [3.63, 3.8) is 0 Å². The molecule has 1 aromatic carbocycles. The van der Waals surface area contributed by atoms with Crippen LogP contribution in [0.2, 0.25) is 0 Å². The fourth-order valence-electron chi connectivity index (χ4n) is 1.73. The second kappa shape index (κ2) is 6.04. The highest BCUT2D eigenvalue weighted by molar-refractivity contribution is 7.15. The zero-order valence-electron chi connectivity index (χ0n) is 11.6. The molecule has 102 valence electrons. The molecule has 2 rings (SSSR count). The van der Waals surface area contributed by atoms with E-state index in [0.717, 1.165) is 22.1 Å². The molecule has 1 unspecified atom stereocenters. The minimum Gasteiger partial charge on any atom is -0.497 e. The molecule has 0 fully saturated rings. The molecule has 1 N–H and O–H groups in total. The van der Waals surface area contributed by atoms with Crippen LogP contribution in [0.4, 0.5) is 0 Å². The van der Waals surface area contributed by atoms with Gasteiger partial charge in [-0.2, -0.15) is 0 Å². The van der Waals surface area contributed by atoms with Gasteiger partial charge in [0.25, 0.3) is 0 Å². The first-order valence-electron chi connectivity index (χ1n) is 6.05. The Morgan fingerprint density at radius 2 is 2.05 bits per heavy atom. The predicted octanol–water partition coefficient (Wildman–Crippen LogP) is 3.11. The van der Waals surface area contributed by atoms with Crippen LogP contribution in [0.3, 0.4) is 0 Å². The molecular weight excluding hydrogens is 260 g/mol. The van der Waals surface area contributed by atoms with Crippen LogP contribution in [0, 0.1) is 0 Å². The number of benzene rings is 1. The molecular formula is C14H18N2O2S. The zero-order valence-corrected chi connectivity index (χ0v) is 12.4. The highest BCUT2D eigenvalue weighted by atomic mass is 32.1.